The van der Waals surface area contributed by atoms with Crippen molar-refractivity contribution in [2.24, 2.45) is 0 Å². The quantitative estimate of drug-likeness (QED) is 0.528. The van der Waals surface area contributed by atoms with Gasteiger partial charge in [0.15, 0.2) is 5.78 Å². The smallest absolute Gasteiger partial charge is 0.160 e. The van der Waals surface area contributed by atoms with Gasteiger partial charge in [-0.05, 0) is 54.0 Å². The van der Waals surface area contributed by atoms with Crippen molar-refractivity contribution in [2.45, 2.75) is 26.0 Å². The van der Waals surface area contributed by atoms with Crippen LogP contribution in [0.2, 0.25) is 0 Å². The van der Waals surface area contributed by atoms with Gasteiger partial charge in [0.05, 0.1) is 13.2 Å². The number of benzene rings is 2. The highest BCUT2D eigenvalue weighted by Gasteiger charge is 2.20. The third kappa shape index (κ3) is 5.64. The number of hydrogen-bond acceptors (Lipinski definition) is 7. The molecule has 1 heterocycles. The van der Waals surface area contributed by atoms with Crippen molar-refractivity contribution in [1.82, 2.24) is 0 Å². The predicted octanol–water partition coefficient (Wildman–Crippen LogP) is 2.26. The molecule has 3 N–H and O–H groups in total. The average Bonchev–Trinajstić information content (AvgIpc) is 2.75. The summed E-state index contributed by atoms with van der Waals surface area (Å²) in [6.07, 6.45) is 1.49. The highest BCUT2D eigenvalue weighted by Crippen LogP contribution is 2.35. The van der Waals surface area contributed by atoms with Crippen LogP contribution in [0.1, 0.15) is 30.0 Å². The molecule has 0 amide bonds. The second-order valence-corrected chi connectivity index (χ2v) is 7.58. The van der Waals surface area contributed by atoms with Crippen molar-refractivity contribution in [3.8, 4) is 11.5 Å². The summed E-state index contributed by atoms with van der Waals surface area (Å²) in [5.74, 6) is 1.23. The maximum Gasteiger partial charge on any atom is 0.160 e. The zero-order valence-electron chi connectivity index (χ0n) is 17.9. The molecule has 0 bridgehead atoms. The highest BCUT2D eigenvalue weighted by atomic mass is 16.5. The number of Topliss-reactive ketones (excluding diaryl/α,β-unsaturated/α-hetero) is 1. The summed E-state index contributed by atoms with van der Waals surface area (Å²) < 4.78 is 11.3. The number of carbonyl (C=O) groups excluding carboxylic acids is 1. The number of ether oxygens (including phenoxy) is 2. The summed E-state index contributed by atoms with van der Waals surface area (Å²) >= 11 is 0. The topological polar surface area (TPSA) is 99.5 Å². The molecule has 0 aromatic heterocycles. The fourth-order valence-electron chi connectivity index (χ4n) is 3.48. The number of aliphatic hydroxyl groups excluding tert-OH is 3. The summed E-state index contributed by atoms with van der Waals surface area (Å²) in [6, 6.07) is 11.2. The Bertz CT molecular complexity index is 955. The first kappa shape index (κ1) is 22.8. The molecule has 2 aromatic carbocycles. The third-order valence-corrected chi connectivity index (χ3v) is 5.09. The summed E-state index contributed by atoms with van der Waals surface area (Å²) in [6.45, 7) is 2.22. The van der Waals surface area contributed by atoms with Crippen molar-refractivity contribution < 1.29 is 29.6 Å². The lowest BCUT2D eigenvalue weighted by atomic mass is 9.92. The highest BCUT2D eigenvalue weighted by molar-refractivity contribution is 6.25. The number of aliphatic hydroxyl groups is 3. The Hall–Kier alpha value is -2.87. The van der Waals surface area contributed by atoms with Gasteiger partial charge in [-0.15, -0.1) is 0 Å². The summed E-state index contributed by atoms with van der Waals surface area (Å²) in [4.78, 5) is 14.5. The first-order valence-corrected chi connectivity index (χ1v) is 10.3. The van der Waals surface area contributed by atoms with E-state index in [0.29, 0.717) is 36.6 Å². The lowest BCUT2D eigenvalue weighted by Crippen LogP contribution is -2.22. The van der Waals surface area contributed by atoms with Gasteiger partial charge in [0, 0.05) is 43.9 Å². The molecule has 31 heavy (non-hydrogen) atoms. The molecule has 0 saturated heterocycles. The van der Waals surface area contributed by atoms with Crippen molar-refractivity contribution in [3.63, 3.8) is 0 Å². The molecule has 1 aliphatic heterocycles. The Morgan fingerprint density at radius 1 is 1.13 bits per heavy atom. The number of ketones is 1. The van der Waals surface area contributed by atoms with Gasteiger partial charge in [-0.1, -0.05) is 6.07 Å². The first-order valence-electron chi connectivity index (χ1n) is 10.3. The van der Waals surface area contributed by atoms with Gasteiger partial charge in [-0.25, -0.2) is 0 Å². The van der Waals surface area contributed by atoms with E-state index in [1.165, 1.54) is 0 Å². The van der Waals surface area contributed by atoms with Crippen LogP contribution >= 0.6 is 0 Å². The van der Waals surface area contributed by atoms with Crippen molar-refractivity contribution in [3.05, 3.63) is 53.1 Å². The number of nitrogens with zero attached hydrogens (tertiary/aromatic N) is 1. The molecule has 0 aliphatic carbocycles. The van der Waals surface area contributed by atoms with E-state index >= 15 is 0 Å². The van der Waals surface area contributed by atoms with Crippen molar-refractivity contribution >= 4 is 23.1 Å². The first-order chi connectivity index (χ1) is 14.9. The van der Waals surface area contributed by atoms with Crippen LogP contribution in [-0.2, 0) is 11.3 Å². The van der Waals surface area contributed by atoms with Crippen LogP contribution < -0.4 is 14.4 Å². The second kappa shape index (κ2) is 10.4. The second-order valence-electron chi connectivity index (χ2n) is 7.58. The van der Waals surface area contributed by atoms with Crippen LogP contribution in [0.25, 0.3) is 11.6 Å². The molecule has 1 atom stereocenters. The minimum Gasteiger partial charge on any atom is -0.493 e. The molecule has 7 nitrogen and oxygen atoms in total. The van der Waals surface area contributed by atoms with Crippen LogP contribution in [0.5, 0.6) is 11.5 Å². The van der Waals surface area contributed by atoms with E-state index in [1.807, 2.05) is 43.5 Å². The van der Waals surface area contributed by atoms with Crippen molar-refractivity contribution in [2.75, 3.05) is 38.4 Å². The van der Waals surface area contributed by atoms with E-state index in [2.05, 4.69) is 4.90 Å². The molecular weight excluding hydrogens is 398 g/mol. The molecule has 7 heteroatoms. The van der Waals surface area contributed by atoms with Crippen LogP contribution in [0, 0.1) is 0 Å². The van der Waals surface area contributed by atoms with Crippen molar-refractivity contribution in [1.29, 1.82) is 0 Å². The Kier molecular flexibility index (Phi) is 7.68. The number of hydrogen-bond donors (Lipinski definition) is 3. The van der Waals surface area contributed by atoms with Gasteiger partial charge >= 0.3 is 0 Å². The van der Waals surface area contributed by atoms with E-state index in [-0.39, 0.29) is 25.6 Å². The fourth-order valence-corrected chi connectivity index (χ4v) is 3.48. The van der Waals surface area contributed by atoms with Gasteiger partial charge in [0.25, 0.3) is 0 Å². The van der Waals surface area contributed by atoms with E-state index < -0.39 is 6.10 Å². The minimum atomic E-state index is -0.944. The molecular formula is C24H29NO6. The largest absolute Gasteiger partial charge is 0.493 e. The van der Waals surface area contributed by atoms with Gasteiger partial charge in [-0.2, -0.15) is 0 Å². The van der Waals surface area contributed by atoms with E-state index in [9.17, 15) is 9.90 Å². The van der Waals surface area contributed by atoms with Gasteiger partial charge in [0.2, 0.25) is 0 Å². The maximum absolute atomic E-state index is 12.5. The predicted molar refractivity (Wildman–Crippen MR) is 119 cm³/mol. The van der Waals surface area contributed by atoms with Gasteiger partial charge in [-0.3, -0.25) is 4.79 Å². The third-order valence-electron chi connectivity index (χ3n) is 5.09. The zero-order valence-corrected chi connectivity index (χ0v) is 17.9. The molecule has 1 unspecified atom stereocenters. The van der Waals surface area contributed by atoms with E-state index in [4.69, 9.17) is 19.7 Å². The molecule has 0 saturated carbocycles. The summed E-state index contributed by atoms with van der Waals surface area (Å²) in [7, 11) is 1.96. The number of fused-ring (bicyclic) bond motifs is 2. The lowest BCUT2D eigenvalue weighted by molar-refractivity contribution is -0.111. The summed E-state index contributed by atoms with van der Waals surface area (Å²) in [5, 5.41) is 27.5. The molecule has 0 fully saturated rings. The van der Waals surface area contributed by atoms with Crippen LogP contribution in [0.3, 0.4) is 0 Å². The van der Waals surface area contributed by atoms with Gasteiger partial charge < -0.3 is 29.7 Å². The molecule has 0 radical (unpaired) electrons. The Labute approximate surface area is 182 Å². The van der Waals surface area contributed by atoms with E-state index in [1.54, 1.807) is 13.0 Å². The molecule has 1 aliphatic rings. The SMILES string of the molecule is CC(=O)/C1=C/c2ccc(OCC(O)CO)cc2N(C)Cc2cc(OCCCO)ccc21. The van der Waals surface area contributed by atoms with Crippen LogP contribution in [-0.4, -0.2) is 60.7 Å². The molecule has 166 valence electrons. The Morgan fingerprint density at radius 2 is 1.87 bits per heavy atom. The lowest BCUT2D eigenvalue weighted by Gasteiger charge is -2.27. The standard InChI is InChI=1S/C24H29NO6/c1-16(28)23-11-17-4-5-21(31-15-19(29)14-27)12-24(17)25(2)13-18-10-20(6-7-22(18)23)30-9-3-8-26/h4-7,10-12,19,26-27,29H,3,8-9,13-15H2,1-2H3/b23-11-. The van der Waals surface area contributed by atoms with Crippen LogP contribution in [0.15, 0.2) is 36.4 Å². The summed E-state index contributed by atoms with van der Waals surface area (Å²) in [5.41, 5.74) is 4.21. The van der Waals surface area contributed by atoms with Crippen LogP contribution in [0.4, 0.5) is 5.69 Å². The molecule has 0 spiro atoms. The monoisotopic (exact) mass is 427 g/mol. The Morgan fingerprint density at radius 3 is 2.58 bits per heavy atom. The molecule has 2 aromatic rings. The fraction of sp³-hybridized carbons (Fsp3) is 0.375. The Balaban J connectivity index is 1.97. The number of allylic oxidation sites excluding steroid dienone is 1. The molecule has 3 rings (SSSR count). The number of carbonyl (C=O) groups is 1. The van der Waals surface area contributed by atoms with Gasteiger partial charge in [0.1, 0.15) is 24.2 Å². The van der Waals surface area contributed by atoms with E-state index in [0.717, 1.165) is 22.4 Å². The number of anilines is 1. The normalized spacial score (nSPS) is 15.6. The number of rotatable bonds is 9. The maximum atomic E-state index is 12.5. The average molecular weight is 427 g/mol. The zero-order chi connectivity index (χ0) is 22.4. The minimum absolute atomic E-state index is 0.00902.